The number of anilines is 1. The molecule has 0 amide bonds. The van der Waals surface area contributed by atoms with Crippen LogP contribution in [0.3, 0.4) is 0 Å². The van der Waals surface area contributed by atoms with Gasteiger partial charge in [0.1, 0.15) is 5.37 Å². The summed E-state index contributed by atoms with van der Waals surface area (Å²) in [5, 5.41) is 2.42. The minimum absolute atomic E-state index is 0.0298. The third-order valence-electron chi connectivity index (χ3n) is 2.99. The molecule has 0 spiro atoms. The molecule has 2 rings (SSSR count). The van der Waals surface area contributed by atoms with Crippen LogP contribution in [0.25, 0.3) is 0 Å². The van der Waals surface area contributed by atoms with E-state index in [4.69, 9.17) is 4.74 Å². The van der Waals surface area contributed by atoms with E-state index >= 15 is 0 Å². The van der Waals surface area contributed by atoms with Gasteiger partial charge in [-0.2, -0.15) is 4.98 Å². The van der Waals surface area contributed by atoms with Crippen molar-refractivity contribution in [1.82, 2.24) is 15.3 Å². The van der Waals surface area contributed by atoms with Gasteiger partial charge in [-0.15, -0.1) is 0 Å². The van der Waals surface area contributed by atoms with Gasteiger partial charge in [0, 0.05) is 25.9 Å². The second-order valence-corrected chi connectivity index (χ2v) is 8.23. The first kappa shape index (κ1) is 16.4. The first-order valence-electron chi connectivity index (χ1n) is 6.64. The van der Waals surface area contributed by atoms with E-state index < -0.39 is 15.2 Å². The Morgan fingerprint density at radius 1 is 1.52 bits per heavy atom. The lowest BCUT2D eigenvalue weighted by atomic mass is 10.4. The molecule has 21 heavy (non-hydrogen) atoms. The molecule has 1 fully saturated rings. The van der Waals surface area contributed by atoms with Crippen molar-refractivity contribution in [3.8, 4) is 5.88 Å². The number of nitrogens with one attached hydrogen (secondary N) is 1. The van der Waals surface area contributed by atoms with E-state index in [2.05, 4.69) is 31.2 Å². The highest BCUT2D eigenvalue weighted by atomic mass is 79.9. The van der Waals surface area contributed by atoms with E-state index in [-0.39, 0.29) is 6.10 Å². The summed E-state index contributed by atoms with van der Waals surface area (Å²) < 4.78 is 30.1. The van der Waals surface area contributed by atoms with Gasteiger partial charge in [-0.05, 0) is 29.8 Å². The van der Waals surface area contributed by atoms with Crippen molar-refractivity contribution >= 4 is 31.7 Å². The number of hydrogen-bond acceptors (Lipinski definition) is 7. The van der Waals surface area contributed by atoms with Gasteiger partial charge in [0.2, 0.25) is 11.8 Å². The highest BCUT2D eigenvalue weighted by Gasteiger charge is 2.32. The van der Waals surface area contributed by atoms with Crippen LogP contribution in [0.2, 0.25) is 0 Å². The van der Waals surface area contributed by atoms with E-state index in [0.717, 1.165) is 0 Å². The van der Waals surface area contributed by atoms with Gasteiger partial charge < -0.3 is 15.0 Å². The van der Waals surface area contributed by atoms with Gasteiger partial charge in [-0.25, -0.2) is 13.4 Å². The molecule has 9 heteroatoms. The predicted molar refractivity (Wildman–Crippen MR) is 84.3 cm³/mol. The van der Waals surface area contributed by atoms with Gasteiger partial charge in [-0.1, -0.05) is 0 Å². The van der Waals surface area contributed by atoms with E-state index in [1.807, 2.05) is 13.8 Å². The molecule has 1 unspecified atom stereocenters. The van der Waals surface area contributed by atoms with Crippen LogP contribution in [0.4, 0.5) is 5.95 Å². The van der Waals surface area contributed by atoms with Crippen molar-refractivity contribution in [1.29, 1.82) is 0 Å². The highest BCUT2D eigenvalue weighted by molar-refractivity contribution is 9.10. The topological polar surface area (TPSA) is 84.4 Å². The van der Waals surface area contributed by atoms with Crippen LogP contribution in [0.15, 0.2) is 10.7 Å². The van der Waals surface area contributed by atoms with Crippen LogP contribution in [0, 0.1) is 0 Å². The molecule has 0 saturated carbocycles. The smallest absolute Gasteiger partial charge is 0.233 e. The molecular formula is C12H19BrN4O3S. The summed E-state index contributed by atoms with van der Waals surface area (Å²) in [6.07, 6.45) is 2.78. The van der Waals surface area contributed by atoms with Crippen molar-refractivity contribution in [3.05, 3.63) is 10.7 Å². The number of sulfone groups is 1. The van der Waals surface area contributed by atoms with Crippen molar-refractivity contribution < 1.29 is 13.2 Å². The fourth-order valence-electron chi connectivity index (χ4n) is 2.08. The highest BCUT2D eigenvalue weighted by Crippen LogP contribution is 2.26. The number of nitrogens with zero attached hydrogens (tertiary/aromatic N) is 3. The zero-order chi connectivity index (χ0) is 15.6. The zero-order valence-corrected chi connectivity index (χ0v) is 14.6. The number of hydrogen-bond donors (Lipinski definition) is 1. The zero-order valence-electron chi connectivity index (χ0n) is 12.2. The monoisotopic (exact) mass is 378 g/mol. The van der Waals surface area contributed by atoms with Crippen LogP contribution >= 0.6 is 15.9 Å². The minimum Gasteiger partial charge on any atom is -0.474 e. The Balaban J connectivity index is 2.35. The van der Waals surface area contributed by atoms with Gasteiger partial charge in [0.15, 0.2) is 9.84 Å². The number of rotatable bonds is 4. The molecule has 0 radical (unpaired) electrons. The second-order valence-electron chi connectivity index (χ2n) is 5.17. The lowest BCUT2D eigenvalue weighted by molar-refractivity contribution is 0.230. The first-order chi connectivity index (χ1) is 9.79. The third kappa shape index (κ3) is 4.04. The summed E-state index contributed by atoms with van der Waals surface area (Å²) in [7, 11) is -3.24. The number of ether oxygens (including phenoxy) is 1. The van der Waals surface area contributed by atoms with Crippen molar-refractivity contribution in [2.75, 3.05) is 30.8 Å². The van der Waals surface area contributed by atoms with Crippen LogP contribution in [0.1, 0.15) is 13.8 Å². The summed E-state index contributed by atoms with van der Waals surface area (Å²) in [5.74, 6) is 0.784. The quantitative estimate of drug-likeness (QED) is 0.829. The molecule has 0 bridgehead atoms. The van der Waals surface area contributed by atoms with Crippen LogP contribution in [-0.2, 0) is 9.84 Å². The molecule has 2 heterocycles. The van der Waals surface area contributed by atoms with E-state index in [1.54, 1.807) is 11.1 Å². The SMILES string of the molecule is CC(C)Oc1nc(N2CCNCC2S(C)(=O)=O)ncc1Br. The fourth-order valence-corrected chi connectivity index (χ4v) is 3.44. The maximum absolute atomic E-state index is 11.9. The molecule has 1 N–H and O–H groups in total. The molecule has 1 aromatic rings. The van der Waals surface area contributed by atoms with Gasteiger partial charge in [0.05, 0.1) is 16.8 Å². The van der Waals surface area contributed by atoms with Crippen molar-refractivity contribution in [2.45, 2.75) is 25.3 Å². The summed E-state index contributed by atoms with van der Waals surface area (Å²) in [5.41, 5.74) is 0. The van der Waals surface area contributed by atoms with Crippen molar-refractivity contribution in [3.63, 3.8) is 0 Å². The normalized spacial score (nSPS) is 19.9. The number of halogens is 1. The fraction of sp³-hybridized carbons (Fsp3) is 0.667. The summed E-state index contributed by atoms with van der Waals surface area (Å²) in [6.45, 7) is 5.38. The Labute approximate surface area is 133 Å². The predicted octanol–water partition coefficient (Wildman–Crippen LogP) is 0.807. The first-order valence-corrected chi connectivity index (χ1v) is 9.39. The Morgan fingerprint density at radius 2 is 2.24 bits per heavy atom. The average molecular weight is 379 g/mol. The van der Waals surface area contributed by atoms with Gasteiger partial charge in [0.25, 0.3) is 0 Å². The Kier molecular flexibility index (Phi) is 5.05. The molecule has 1 saturated heterocycles. The van der Waals surface area contributed by atoms with E-state index in [0.29, 0.717) is 35.9 Å². The Hall–Kier alpha value is -0.930. The molecule has 0 aromatic carbocycles. The third-order valence-corrected chi connectivity index (χ3v) is 4.95. The molecule has 7 nitrogen and oxygen atoms in total. The number of aromatic nitrogens is 2. The summed E-state index contributed by atoms with van der Waals surface area (Å²) in [6, 6.07) is 0. The molecular weight excluding hydrogens is 360 g/mol. The standard InChI is InChI=1S/C12H19BrN4O3S/c1-8(2)20-11-9(13)6-15-12(16-11)17-5-4-14-7-10(17)21(3,18)19/h6,8,10,14H,4-5,7H2,1-3H3. The van der Waals surface area contributed by atoms with E-state index in [1.165, 1.54) is 6.26 Å². The largest absolute Gasteiger partial charge is 0.474 e. The molecule has 0 aliphatic carbocycles. The molecule has 118 valence electrons. The lowest BCUT2D eigenvalue weighted by Gasteiger charge is -2.34. The molecule has 1 aliphatic rings. The van der Waals surface area contributed by atoms with Gasteiger partial charge in [-0.3, -0.25) is 0 Å². The van der Waals surface area contributed by atoms with Gasteiger partial charge >= 0.3 is 0 Å². The van der Waals surface area contributed by atoms with E-state index in [9.17, 15) is 8.42 Å². The summed E-state index contributed by atoms with van der Waals surface area (Å²) >= 11 is 3.34. The Morgan fingerprint density at radius 3 is 2.86 bits per heavy atom. The maximum Gasteiger partial charge on any atom is 0.233 e. The average Bonchev–Trinajstić information content (AvgIpc) is 2.40. The maximum atomic E-state index is 11.9. The van der Waals surface area contributed by atoms with Crippen LogP contribution < -0.4 is 15.0 Å². The molecule has 1 aromatic heterocycles. The van der Waals surface area contributed by atoms with Crippen LogP contribution in [-0.4, -0.2) is 55.8 Å². The number of piperazine rings is 1. The molecule has 1 atom stereocenters. The van der Waals surface area contributed by atoms with Crippen LogP contribution in [0.5, 0.6) is 5.88 Å². The minimum atomic E-state index is -3.24. The lowest BCUT2D eigenvalue weighted by Crippen LogP contribution is -2.55. The Bertz CT molecular complexity index is 609. The summed E-state index contributed by atoms with van der Waals surface area (Å²) in [4.78, 5) is 10.3. The molecule has 1 aliphatic heterocycles. The van der Waals surface area contributed by atoms with Crippen molar-refractivity contribution in [2.24, 2.45) is 0 Å². The second kappa shape index (κ2) is 6.45.